The Balaban J connectivity index is 1.56. The van der Waals surface area contributed by atoms with Gasteiger partial charge in [-0.05, 0) is 43.4 Å². The fourth-order valence-corrected chi connectivity index (χ4v) is 3.56. The van der Waals surface area contributed by atoms with E-state index in [0.29, 0.717) is 24.0 Å². The third-order valence-corrected chi connectivity index (χ3v) is 5.35. The van der Waals surface area contributed by atoms with E-state index in [1.807, 2.05) is 0 Å². The van der Waals surface area contributed by atoms with Crippen molar-refractivity contribution < 1.29 is 22.8 Å². The van der Waals surface area contributed by atoms with Crippen LogP contribution in [0.3, 0.4) is 0 Å². The molecular weight excluding hydrogens is 397 g/mol. The van der Waals surface area contributed by atoms with Gasteiger partial charge in [0.25, 0.3) is 5.91 Å². The number of aromatic nitrogens is 1. The highest BCUT2D eigenvalue weighted by Crippen LogP contribution is 2.36. The van der Waals surface area contributed by atoms with Crippen molar-refractivity contribution in [2.75, 3.05) is 23.3 Å². The van der Waals surface area contributed by atoms with Crippen LogP contribution in [0.2, 0.25) is 0 Å². The highest BCUT2D eigenvalue weighted by molar-refractivity contribution is 6.04. The number of fused-ring (bicyclic) bond motifs is 1. The van der Waals surface area contributed by atoms with E-state index in [-0.39, 0.29) is 23.6 Å². The topological polar surface area (TPSA) is 74.3 Å². The van der Waals surface area contributed by atoms with Crippen LogP contribution in [0, 0.1) is 5.92 Å². The van der Waals surface area contributed by atoms with E-state index < -0.39 is 23.7 Å². The van der Waals surface area contributed by atoms with E-state index in [0.717, 1.165) is 18.9 Å². The summed E-state index contributed by atoms with van der Waals surface area (Å²) >= 11 is 0. The van der Waals surface area contributed by atoms with Gasteiger partial charge in [0.2, 0.25) is 5.91 Å². The van der Waals surface area contributed by atoms with Gasteiger partial charge in [-0.2, -0.15) is 13.2 Å². The van der Waals surface area contributed by atoms with Gasteiger partial charge in [-0.15, -0.1) is 0 Å². The SMILES string of the molecule is CC(NC(=O)c1cnc2c(c1)N(CC1CC1)C(=O)CN2)c1ccccc1C(F)(F)F. The van der Waals surface area contributed by atoms with Crippen LogP contribution in [0.4, 0.5) is 24.7 Å². The minimum absolute atomic E-state index is 0.0172. The Morgan fingerprint density at radius 2 is 2.07 bits per heavy atom. The Morgan fingerprint density at radius 3 is 2.77 bits per heavy atom. The van der Waals surface area contributed by atoms with Crippen LogP contribution in [0.1, 0.15) is 47.3 Å². The van der Waals surface area contributed by atoms with Gasteiger partial charge in [0.1, 0.15) is 5.82 Å². The predicted molar refractivity (Wildman–Crippen MR) is 105 cm³/mol. The molecule has 0 bridgehead atoms. The molecule has 1 aliphatic heterocycles. The molecule has 1 saturated carbocycles. The fourth-order valence-electron chi connectivity index (χ4n) is 3.56. The van der Waals surface area contributed by atoms with Crippen LogP contribution in [0.5, 0.6) is 0 Å². The van der Waals surface area contributed by atoms with Crippen molar-refractivity contribution in [2.24, 2.45) is 5.92 Å². The Labute approximate surface area is 171 Å². The molecule has 1 unspecified atom stereocenters. The molecule has 2 aliphatic rings. The van der Waals surface area contributed by atoms with E-state index in [9.17, 15) is 22.8 Å². The van der Waals surface area contributed by atoms with Crippen LogP contribution in [-0.2, 0) is 11.0 Å². The number of hydrogen-bond acceptors (Lipinski definition) is 4. The highest BCUT2D eigenvalue weighted by atomic mass is 19.4. The molecule has 1 aromatic heterocycles. The molecule has 0 radical (unpaired) electrons. The van der Waals surface area contributed by atoms with Gasteiger partial charge >= 0.3 is 6.18 Å². The van der Waals surface area contributed by atoms with Crippen molar-refractivity contribution in [2.45, 2.75) is 32.0 Å². The predicted octanol–water partition coefficient (Wildman–Crippen LogP) is 3.76. The first-order valence-corrected chi connectivity index (χ1v) is 9.75. The van der Waals surface area contributed by atoms with Gasteiger partial charge in [0, 0.05) is 12.7 Å². The summed E-state index contributed by atoms with van der Waals surface area (Å²) < 4.78 is 39.8. The number of hydrogen-bond donors (Lipinski definition) is 2. The molecule has 1 aliphatic carbocycles. The number of carbonyl (C=O) groups excluding carboxylic acids is 2. The van der Waals surface area contributed by atoms with E-state index >= 15 is 0 Å². The molecule has 9 heteroatoms. The minimum atomic E-state index is -4.52. The van der Waals surface area contributed by atoms with Crippen molar-refractivity contribution in [3.63, 3.8) is 0 Å². The molecule has 6 nitrogen and oxygen atoms in total. The first-order valence-electron chi connectivity index (χ1n) is 9.75. The maximum atomic E-state index is 13.3. The van der Waals surface area contributed by atoms with Crippen LogP contribution in [0.15, 0.2) is 36.5 Å². The Kier molecular flexibility index (Phi) is 5.13. The van der Waals surface area contributed by atoms with Gasteiger partial charge in [0.15, 0.2) is 0 Å². The number of alkyl halides is 3. The molecular formula is C21H21F3N4O2. The maximum Gasteiger partial charge on any atom is 0.416 e. The third kappa shape index (κ3) is 4.10. The first kappa shape index (κ1) is 20.2. The van der Waals surface area contributed by atoms with Crippen LogP contribution < -0.4 is 15.5 Å². The van der Waals surface area contributed by atoms with Crippen molar-refractivity contribution in [3.8, 4) is 0 Å². The van der Waals surface area contributed by atoms with Crippen LogP contribution >= 0.6 is 0 Å². The standard InChI is InChI=1S/C21H21F3N4O2/c1-12(15-4-2-3-5-16(15)21(22,23)24)27-20(30)14-8-17-19(25-9-14)26-10-18(29)28(17)11-13-6-7-13/h2-5,8-9,12-13H,6-7,10-11H2,1H3,(H,25,26)(H,27,30). The summed E-state index contributed by atoms with van der Waals surface area (Å²) in [5, 5.41) is 5.54. The lowest BCUT2D eigenvalue weighted by molar-refractivity contribution is -0.138. The normalized spacial score (nSPS) is 17.2. The Hall–Kier alpha value is -3.10. The van der Waals surface area contributed by atoms with Gasteiger partial charge in [-0.25, -0.2) is 4.98 Å². The lowest BCUT2D eigenvalue weighted by Gasteiger charge is -2.30. The van der Waals surface area contributed by atoms with E-state index in [2.05, 4.69) is 15.6 Å². The number of nitrogens with one attached hydrogen (secondary N) is 2. The molecule has 0 spiro atoms. The molecule has 30 heavy (non-hydrogen) atoms. The molecule has 2 amide bonds. The second-order valence-electron chi connectivity index (χ2n) is 7.67. The zero-order valence-corrected chi connectivity index (χ0v) is 16.3. The number of carbonyl (C=O) groups is 2. The largest absolute Gasteiger partial charge is 0.416 e. The van der Waals surface area contributed by atoms with Crippen LogP contribution in [-0.4, -0.2) is 29.9 Å². The average molecular weight is 418 g/mol. The molecule has 2 N–H and O–H groups in total. The van der Waals surface area contributed by atoms with Crippen molar-refractivity contribution >= 4 is 23.3 Å². The lowest BCUT2D eigenvalue weighted by Crippen LogP contribution is -2.41. The number of pyridine rings is 1. The Morgan fingerprint density at radius 1 is 1.33 bits per heavy atom. The molecule has 2 heterocycles. The number of amides is 2. The van der Waals surface area contributed by atoms with Gasteiger partial charge in [-0.1, -0.05) is 18.2 Å². The highest BCUT2D eigenvalue weighted by Gasteiger charge is 2.35. The zero-order chi connectivity index (χ0) is 21.5. The number of rotatable bonds is 5. The minimum Gasteiger partial charge on any atom is -0.359 e. The van der Waals surface area contributed by atoms with Crippen LogP contribution in [0.25, 0.3) is 0 Å². The van der Waals surface area contributed by atoms with Gasteiger partial charge in [0.05, 0.1) is 29.4 Å². The fraction of sp³-hybridized carbons (Fsp3) is 0.381. The smallest absolute Gasteiger partial charge is 0.359 e. The van der Waals surface area contributed by atoms with Crippen molar-refractivity contribution in [1.82, 2.24) is 10.3 Å². The summed E-state index contributed by atoms with van der Waals surface area (Å²) in [5.41, 5.74) is -0.0974. The Bertz CT molecular complexity index is 988. The van der Waals surface area contributed by atoms with E-state index in [1.165, 1.54) is 31.3 Å². The number of halogens is 3. The summed E-state index contributed by atoms with van der Waals surface area (Å²) in [6, 6.07) is 5.85. The molecule has 2 aromatic rings. The summed E-state index contributed by atoms with van der Waals surface area (Å²) in [6.07, 6.45) is -1.03. The lowest BCUT2D eigenvalue weighted by atomic mass is 10.0. The summed E-state index contributed by atoms with van der Waals surface area (Å²) in [7, 11) is 0. The van der Waals surface area contributed by atoms with E-state index in [1.54, 1.807) is 11.0 Å². The number of anilines is 2. The molecule has 1 aromatic carbocycles. The molecule has 1 fully saturated rings. The van der Waals surface area contributed by atoms with Crippen molar-refractivity contribution in [1.29, 1.82) is 0 Å². The summed E-state index contributed by atoms with van der Waals surface area (Å²) in [6.45, 7) is 2.22. The molecule has 0 saturated heterocycles. The second-order valence-corrected chi connectivity index (χ2v) is 7.67. The van der Waals surface area contributed by atoms with E-state index in [4.69, 9.17) is 0 Å². The summed E-state index contributed by atoms with van der Waals surface area (Å²) in [4.78, 5) is 30.9. The monoisotopic (exact) mass is 418 g/mol. The van der Waals surface area contributed by atoms with Gasteiger partial charge < -0.3 is 15.5 Å². The second kappa shape index (κ2) is 7.62. The zero-order valence-electron chi connectivity index (χ0n) is 16.3. The van der Waals surface area contributed by atoms with Gasteiger partial charge in [-0.3, -0.25) is 9.59 Å². The third-order valence-electron chi connectivity index (χ3n) is 5.35. The number of benzene rings is 1. The number of nitrogens with zero attached hydrogens (tertiary/aromatic N) is 2. The molecule has 4 rings (SSSR count). The maximum absolute atomic E-state index is 13.3. The van der Waals surface area contributed by atoms with Crippen molar-refractivity contribution in [3.05, 3.63) is 53.2 Å². The average Bonchev–Trinajstić information content (AvgIpc) is 3.53. The molecule has 1 atom stereocenters. The first-order chi connectivity index (χ1) is 14.2. The quantitative estimate of drug-likeness (QED) is 0.776. The summed E-state index contributed by atoms with van der Waals surface area (Å²) in [5.74, 6) is 0.318. The molecule has 158 valence electrons.